The fourth-order valence-corrected chi connectivity index (χ4v) is 2.97. The van der Waals surface area contributed by atoms with Crippen LogP contribution >= 0.6 is 0 Å². The maximum Gasteiger partial charge on any atom is 0.261 e. The van der Waals surface area contributed by atoms with Gasteiger partial charge in [0.05, 0.1) is 6.42 Å². The number of para-hydroxylation sites is 1. The lowest BCUT2D eigenvalue weighted by molar-refractivity contribution is -0.133. The molecular formula is C20H21NO3. The van der Waals surface area contributed by atoms with E-state index in [1.165, 1.54) is 0 Å². The zero-order chi connectivity index (χ0) is 17.5. The number of anilines is 1. The lowest BCUT2D eigenvalue weighted by atomic mass is 9.85. The number of amides is 1. The Morgan fingerprint density at radius 3 is 2.33 bits per heavy atom. The predicted molar refractivity (Wildman–Crippen MR) is 93.1 cm³/mol. The summed E-state index contributed by atoms with van der Waals surface area (Å²) in [5.74, 6) is -0.812. The molecule has 124 valence electrons. The Kier molecular flexibility index (Phi) is 3.80. The monoisotopic (exact) mass is 323 g/mol. The normalized spacial score (nSPS) is 19.8. The van der Waals surface area contributed by atoms with Crippen molar-refractivity contribution >= 4 is 17.4 Å². The molecule has 4 heteroatoms. The van der Waals surface area contributed by atoms with E-state index in [2.05, 4.69) is 26.1 Å². The maximum absolute atomic E-state index is 12.6. The topological polar surface area (TPSA) is 66.4 Å². The van der Waals surface area contributed by atoms with Crippen LogP contribution in [0, 0.1) is 0 Å². The zero-order valence-corrected chi connectivity index (χ0v) is 14.1. The SMILES string of the molecule is CC(C)(C)c1ccc(C(=O)CC2(O)C(=O)Nc3ccccc32)cc1. The number of hydrogen-bond acceptors (Lipinski definition) is 3. The molecule has 0 saturated carbocycles. The summed E-state index contributed by atoms with van der Waals surface area (Å²) >= 11 is 0. The summed E-state index contributed by atoms with van der Waals surface area (Å²) in [6, 6.07) is 14.2. The minimum Gasteiger partial charge on any atom is -0.375 e. The highest BCUT2D eigenvalue weighted by Crippen LogP contribution is 2.38. The van der Waals surface area contributed by atoms with Gasteiger partial charge in [0.25, 0.3) is 5.91 Å². The quantitative estimate of drug-likeness (QED) is 0.851. The largest absolute Gasteiger partial charge is 0.375 e. The van der Waals surface area contributed by atoms with E-state index in [9.17, 15) is 14.7 Å². The molecule has 1 atom stereocenters. The second-order valence-corrected chi connectivity index (χ2v) is 7.29. The third-order valence-corrected chi connectivity index (χ3v) is 4.49. The summed E-state index contributed by atoms with van der Waals surface area (Å²) in [6.07, 6.45) is -0.273. The van der Waals surface area contributed by atoms with Gasteiger partial charge in [-0.1, -0.05) is 63.2 Å². The third kappa shape index (κ3) is 2.74. The average molecular weight is 323 g/mol. The Balaban J connectivity index is 1.86. The number of fused-ring (bicyclic) bond motifs is 1. The highest BCUT2D eigenvalue weighted by molar-refractivity contribution is 6.09. The second-order valence-electron chi connectivity index (χ2n) is 7.29. The van der Waals surface area contributed by atoms with Gasteiger partial charge in [-0.3, -0.25) is 9.59 Å². The molecule has 0 aliphatic carbocycles. The third-order valence-electron chi connectivity index (χ3n) is 4.49. The van der Waals surface area contributed by atoms with Crippen molar-refractivity contribution in [2.24, 2.45) is 0 Å². The first-order chi connectivity index (χ1) is 11.2. The number of aliphatic hydroxyl groups is 1. The van der Waals surface area contributed by atoms with Crippen molar-refractivity contribution < 1.29 is 14.7 Å². The summed E-state index contributed by atoms with van der Waals surface area (Å²) in [7, 11) is 0. The molecule has 1 aliphatic heterocycles. The average Bonchev–Trinajstić information content (AvgIpc) is 2.78. The van der Waals surface area contributed by atoms with E-state index >= 15 is 0 Å². The van der Waals surface area contributed by atoms with Gasteiger partial charge in [-0.15, -0.1) is 0 Å². The van der Waals surface area contributed by atoms with Gasteiger partial charge in [-0.2, -0.15) is 0 Å². The highest BCUT2D eigenvalue weighted by atomic mass is 16.3. The number of hydrogen-bond donors (Lipinski definition) is 2. The molecule has 24 heavy (non-hydrogen) atoms. The van der Waals surface area contributed by atoms with Crippen LogP contribution < -0.4 is 5.32 Å². The number of benzene rings is 2. The van der Waals surface area contributed by atoms with Gasteiger partial charge in [-0.05, 0) is 17.0 Å². The molecule has 1 amide bonds. The lowest BCUT2D eigenvalue weighted by Gasteiger charge is -2.21. The highest BCUT2D eigenvalue weighted by Gasteiger charge is 2.46. The Bertz CT molecular complexity index is 802. The lowest BCUT2D eigenvalue weighted by Crippen LogP contribution is -2.36. The molecular weight excluding hydrogens is 302 g/mol. The molecule has 2 N–H and O–H groups in total. The van der Waals surface area contributed by atoms with E-state index in [-0.39, 0.29) is 17.6 Å². The minimum absolute atomic E-state index is 0.00403. The maximum atomic E-state index is 12.6. The van der Waals surface area contributed by atoms with Crippen molar-refractivity contribution in [2.75, 3.05) is 5.32 Å². The first-order valence-electron chi connectivity index (χ1n) is 7.99. The zero-order valence-electron chi connectivity index (χ0n) is 14.1. The number of ketones is 1. The van der Waals surface area contributed by atoms with Gasteiger partial charge in [0, 0.05) is 16.8 Å². The van der Waals surface area contributed by atoms with Crippen LogP contribution in [-0.2, 0) is 15.8 Å². The van der Waals surface area contributed by atoms with Crippen molar-refractivity contribution in [3.05, 3.63) is 65.2 Å². The van der Waals surface area contributed by atoms with Gasteiger partial charge in [0.2, 0.25) is 0 Å². The molecule has 0 spiro atoms. The van der Waals surface area contributed by atoms with Crippen LogP contribution in [0.5, 0.6) is 0 Å². The second kappa shape index (κ2) is 5.56. The molecule has 1 heterocycles. The van der Waals surface area contributed by atoms with Gasteiger partial charge in [0.15, 0.2) is 11.4 Å². The van der Waals surface area contributed by atoms with Crippen molar-refractivity contribution in [3.63, 3.8) is 0 Å². The van der Waals surface area contributed by atoms with Crippen molar-refractivity contribution in [1.29, 1.82) is 0 Å². The van der Waals surface area contributed by atoms with Crippen molar-refractivity contribution in [2.45, 2.75) is 38.2 Å². The van der Waals surface area contributed by atoms with Gasteiger partial charge in [0.1, 0.15) is 0 Å². The molecule has 0 bridgehead atoms. The molecule has 0 radical (unpaired) electrons. The molecule has 4 nitrogen and oxygen atoms in total. The van der Waals surface area contributed by atoms with Crippen LogP contribution in [0.3, 0.4) is 0 Å². The van der Waals surface area contributed by atoms with Crippen LogP contribution in [0.2, 0.25) is 0 Å². The standard InChI is InChI=1S/C20H21NO3/c1-19(2,3)14-10-8-13(9-11-14)17(22)12-20(24)15-6-4-5-7-16(15)21-18(20)23/h4-11,24H,12H2,1-3H3,(H,21,23). The van der Waals surface area contributed by atoms with E-state index in [1.54, 1.807) is 36.4 Å². The van der Waals surface area contributed by atoms with Gasteiger partial charge < -0.3 is 10.4 Å². The molecule has 2 aromatic carbocycles. The van der Waals surface area contributed by atoms with Crippen LogP contribution in [0.25, 0.3) is 0 Å². The number of Topliss-reactive ketones (excluding diaryl/α,β-unsaturated/α-hetero) is 1. The molecule has 2 aromatic rings. The summed E-state index contributed by atoms with van der Waals surface area (Å²) in [4.78, 5) is 24.8. The van der Waals surface area contributed by atoms with Crippen LogP contribution in [0.1, 0.15) is 48.7 Å². The summed E-state index contributed by atoms with van der Waals surface area (Å²) in [5, 5.41) is 13.4. The number of carbonyl (C=O) groups excluding carboxylic acids is 2. The first kappa shape index (κ1) is 16.4. The predicted octanol–water partition coefficient (Wildman–Crippen LogP) is 3.40. The van der Waals surface area contributed by atoms with Crippen molar-refractivity contribution in [1.82, 2.24) is 0 Å². The Hall–Kier alpha value is -2.46. The molecule has 1 unspecified atom stereocenters. The van der Waals surface area contributed by atoms with Gasteiger partial charge in [-0.25, -0.2) is 0 Å². The number of carbonyl (C=O) groups is 2. The molecule has 0 aromatic heterocycles. The Labute approximate surface area is 141 Å². The Morgan fingerprint density at radius 1 is 1.08 bits per heavy atom. The first-order valence-corrected chi connectivity index (χ1v) is 7.99. The number of nitrogens with one attached hydrogen (secondary N) is 1. The van der Waals surface area contributed by atoms with E-state index in [0.717, 1.165) is 5.56 Å². The Morgan fingerprint density at radius 2 is 1.71 bits per heavy atom. The van der Waals surface area contributed by atoms with E-state index in [0.29, 0.717) is 16.8 Å². The molecule has 0 fully saturated rings. The van der Waals surface area contributed by atoms with Crippen LogP contribution in [0.15, 0.2) is 48.5 Å². The smallest absolute Gasteiger partial charge is 0.261 e. The molecule has 1 aliphatic rings. The fraction of sp³-hybridized carbons (Fsp3) is 0.300. The number of rotatable bonds is 3. The van der Waals surface area contributed by atoms with Crippen LogP contribution in [0.4, 0.5) is 5.69 Å². The minimum atomic E-state index is -1.81. The summed E-state index contributed by atoms with van der Waals surface area (Å²) in [5.41, 5.74) is 0.825. The molecule has 3 rings (SSSR count). The van der Waals surface area contributed by atoms with E-state index in [1.807, 2.05) is 12.1 Å². The van der Waals surface area contributed by atoms with Crippen LogP contribution in [-0.4, -0.2) is 16.8 Å². The van der Waals surface area contributed by atoms with Gasteiger partial charge >= 0.3 is 0 Å². The fourth-order valence-electron chi connectivity index (χ4n) is 2.97. The van der Waals surface area contributed by atoms with E-state index in [4.69, 9.17) is 0 Å². The van der Waals surface area contributed by atoms with E-state index < -0.39 is 11.5 Å². The summed E-state index contributed by atoms with van der Waals surface area (Å²) in [6.45, 7) is 6.31. The summed E-state index contributed by atoms with van der Waals surface area (Å²) < 4.78 is 0. The van der Waals surface area contributed by atoms with Crippen molar-refractivity contribution in [3.8, 4) is 0 Å². The molecule has 0 saturated heterocycles.